The number of amides is 1. The molecule has 1 aliphatic heterocycles. The van der Waals surface area contributed by atoms with Crippen molar-refractivity contribution >= 4 is 21.6 Å². The smallest absolute Gasteiger partial charge is 0.243 e. The molecular formula is C25H32N2O5S. The topological polar surface area (TPSA) is 84.9 Å². The summed E-state index contributed by atoms with van der Waals surface area (Å²) >= 11 is 0. The second kappa shape index (κ2) is 10.7. The number of anilines is 1. The number of carbonyl (C=O) groups excluding carboxylic acids is 1. The number of morpholine rings is 1. The van der Waals surface area contributed by atoms with Crippen LogP contribution in [0.4, 0.5) is 5.69 Å². The minimum atomic E-state index is -3.63. The minimum absolute atomic E-state index is 0.157. The number of hydrogen-bond donors (Lipinski definition) is 1. The summed E-state index contributed by atoms with van der Waals surface area (Å²) in [7, 11) is -3.63. The maximum atomic E-state index is 13.1. The van der Waals surface area contributed by atoms with Gasteiger partial charge in [0.25, 0.3) is 0 Å². The van der Waals surface area contributed by atoms with Crippen molar-refractivity contribution in [1.29, 1.82) is 0 Å². The SMILES string of the molecule is Cc1ccc(NC(=O)CCc2cccc(OC3CCCC3)c2)cc1S(=O)(=O)N1CCOCC1. The van der Waals surface area contributed by atoms with Crippen LogP contribution in [-0.2, 0) is 26.0 Å². The van der Waals surface area contributed by atoms with Gasteiger partial charge in [0.2, 0.25) is 15.9 Å². The van der Waals surface area contributed by atoms with Crippen LogP contribution in [0.3, 0.4) is 0 Å². The number of benzene rings is 2. The van der Waals surface area contributed by atoms with Crippen molar-refractivity contribution in [3.8, 4) is 5.75 Å². The lowest BCUT2D eigenvalue weighted by Gasteiger charge is -2.26. The Balaban J connectivity index is 1.36. The summed E-state index contributed by atoms with van der Waals surface area (Å²) in [5.74, 6) is 0.701. The zero-order valence-corrected chi connectivity index (χ0v) is 19.9. The molecule has 1 amide bonds. The standard InChI is InChI=1S/C25H32N2O5S/c1-19-9-11-21(18-24(19)33(29,30)27-13-15-31-16-14-27)26-25(28)12-10-20-5-4-8-23(17-20)32-22-6-2-3-7-22/h4-5,8-9,11,17-18,22H,2-3,6-7,10,12-16H2,1H3,(H,26,28). The van der Waals surface area contributed by atoms with E-state index < -0.39 is 10.0 Å². The van der Waals surface area contributed by atoms with Gasteiger partial charge >= 0.3 is 0 Å². The second-order valence-electron chi connectivity index (χ2n) is 8.72. The van der Waals surface area contributed by atoms with Crippen LogP contribution >= 0.6 is 0 Å². The zero-order chi connectivity index (χ0) is 23.3. The highest BCUT2D eigenvalue weighted by Crippen LogP contribution is 2.26. The largest absolute Gasteiger partial charge is 0.490 e. The molecule has 1 saturated carbocycles. The molecule has 2 fully saturated rings. The molecule has 1 heterocycles. The van der Waals surface area contributed by atoms with Gasteiger partial charge in [-0.2, -0.15) is 4.31 Å². The van der Waals surface area contributed by atoms with E-state index in [9.17, 15) is 13.2 Å². The van der Waals surface area contributed by atoms with Crippen molar-refractivity contribution in [3.05, 3.63) is 53.6 Å². The fourth-order valence-electron chi connectivity index (χ4n) is 4.34. The normalized spacial score (nSPS) is 17.7. The molecule has 2 aliphatic rings. The third-order valence-corrected chi connectivity index (χ3v) is 8.24. The number of sulfonamides is 1. The Morgan fingerprint density at radius 2 is 1.88 bits per heavy atom. The van der Waals surface area contributed by atoms with Gasteiger partial charge in [-0.15, -0.1) is 0 Å². The molecule has 2 aromatic rings. The molecule has 0 spiro atoms. The van der Waals surface area contributed by atoms with Gasteiger partial charge in [-0.1, -0.05) is 18.2 Å². The number of aryl methyl sites for hydroxylation is 2. The number of rotatable bonds is 8. The van der Waals surface area contributed by atoms with Gasteiger partial charge in [0.15, 0.2) is 0 Å². The molecule has 33 heavy (non-hydrogen) atoms. The third kappa shape index (κ3) is 6.13. The molecule has 0 radical (unpaired) electrons. The van der Waals surface area contributed by atoms with Gasteiger partial charge in [0.05, 0.1) is 24.2 Å². The first-order valence-electron chi connectivity index (χ1n) is 11.7. The highest BCUT2D eigenvalue weighted by atomic mass is 32.2. The van der Waals surface area contributed by atoms with E-state index in [0.29, 0.717) is 56.5 Å². The van der Waals surface area contributed by atoms with E-state index >= 15 is 0 Å². The molecule has 0 unspecified atom stereocenters. The molecule has 0 aromatic heterocycles. The zero-order valence-electron chi connectivity index (χ0n) is 19.1. The predicted molar refractivity (Wildman–Crippen MR) is 127 cm³/mol. The first kappa shape index (κ1) is 23.7. The number of carbonyl (C=O) groups is 1. The van der Waals surface area contributed by atoms with Crippen molar-refractivity contribution in [2.45, 2.75) is 56.4 Å². The van der Waals surface area contributed by atoms with Crippen LogP contribution < -0.4 is 10.1 Å². The van der Waals surface area contributed by atoms with Crippen LogP contribution in [0.1, 0.15) is 43.2 Å². The summed E-state index contributed by atoms with van der Waals surface area (Å²) in [5, 5.41) is 2.85. The van der Waals surface area contributed by atoms with E-state index in [1.807, 2.05) is 24.3 Å². The Bertz CT molecular complexity index is 1070. The number of nitrogens with zero attached hydrogens (tertiary/aromatic N) is 1. The lowest BCUT2D eigenvalue weighted by Crippen LogP contribution is -2.40. The third-order valence-electron chi connectivity index (χ3n) is 6.20. The number of hydrogen-bond acceptors (Lipinski definition) is 5. The summed E-state index contributed by atoms with van der Waals surface area (Å²) in [6.45, 7) is 3.21. The van der Waals surface area contributed by atoms with Crippen molar-refractivity contribution in [2.75, 3.05) is 31.6 Å². The Hall–Kier alpha value is -2.42. The molecule has 178 valence electrons. The average Bonchev–Trinajstić information content (AvgIpc) is 3.33. The van der Waals surface area contributed by atoms with Crippen molar-refractivity contribution in [1.82, 2.24) is 4.31 Å². The van der Waals surface area contributed by atoms with Crippen LogP contribution in [0.5, 0.6) is 5.75 Å². The molecule has 0 atom stereocenters. The Kier molecular flexibility index (Phi) is 7.67. The Morgan fingerprint density at radius 3 is 2.64 bits per heavy atom. The molecular weight excluding hydrogens is 440 g/mol. The summed E-state index contributed by atoms with van der Waals surface area (Å²) in [4.78, 5) is 12.8. The van der Waals surface area contributed by atoms with Gasteiger partial charge in [0.1, 0.15) is 5.75 Å². The van der Waals surface area contributed by atoms with E-state index in [1.165, 1.54) is 17.1 Å². The van der Waals surface area contributed by atoms with Crippen LogP contribution in [0, 0.1) is 6.92 Å². The van der Waals surface area contributed by atoms with E-state index in [4.69, 9.17) is 9.47 Å². The van der Waals surface area contributed by atoms with Gasteiger partial charge in [-0.25, -0.2) is 8.42 Å². The summed E-state index contributed by atoms with van der Waals surface area (Å²) in [6.07, 6.45) is 5.83. The quantitative estimate of drug-likeness (QED) is 0.630. The van der Waals surface area contributed by atoms with Crippen molar-refractivity contribution in [2.24, 2.45) is 0 Å². The van der Waals surface area contributed by atoms with E-state index in [-0.39, 0.29) is 10.8 Å². The van der Waals surface area contributed by atoms with E-state index in [0.717, 1.165) is 24.2 Å². The summed E-state index contributed by atoms with van der Waals surface area (Å²) < 4.78 is 38.9. The van der Waals surface area contributed by atoms with Crippen LogP contribution in [-0.4, -0.2) is 51.0 Å². The first-order chi connectivity index (χ1) is 15.9. The lowest BCUT2D eigenvalue weighted by atomic mass is 10.1. The second-order valence-corrected chi connectivity index (χ2v) is 10.6. The molecule has 1 N–H and O–H groups in total. The van der Waals surface area contributed by atoms with Crippen LogP contribution in [0.2, 0.25) is 0 Å². The average molecular weight is 473 g/mol. The van der Waals surface area contributed by atoms with Gasteiger partial charge in [0, 0.05) is 25.2 Å². The van der Waals surface area contributed by atoms with Gasteiger partial charge in [-0.3, -0.25) is 4.79 Å². The Morgan fingerprint density at radius 1 is 1.12 bits per heavy atom. The maximum absolute atomic E-state index is 13.1. The van der Waals surface area contributed by atoms with Crippen LogP contribution in [0.15, 0.2) is 47.4 Å². The fourth-order valence-corrected chi connectivity index (χ4v) is 5.99. The highest BCUT2D eigenvalue weighted by Gasteiger charge is 2.28. The van der Waals surface area contributed by atoms with E-state index in [1.54, 1.807) is 25.1 Å². The molecule has 8 heteroatoms. The monoisotopic (exact) mass is 472 g/mol. The number of ether oxygens (including phenoxy) is 2. The van der Waals surface area contributed by atoms with E-state index in [2.05, 4.69) is 5.32 Å². The molecule has 7 nitrogen and oxygen atoms in total. The summed E-state index contributed by atoms with van der Waals surface area (Å²) in [6, 6.07) is 12.9. The molecule has 2 aromatic carbocycles. The molecule has 0 bridgehead atoms. The lowest BCUT2D eigenvalue weighted by molar-refractivity contribution is -0.116. The molecule has 4 rings (SSSR count). The molecule has 1 saturated heterocycles. The highest BCUT2D eigenvalue weighted by molar-refractivity contribution is 7.89. The van der Waals surface area contributed by atoms with Crippen LogP contribution in [0.25, 0.3) is 0 Å². The minimum Gasteiger partial charge on any atom is -0.490 e. The predicted octanol–water partition coefficient (Wildman–Crippen LogP) is 3.91. The fraction of sp³-hybridized carbons (Fsp3) is 0.480. The number of nitrogens with one attached hydrogen (secondary N) is 1. The van der Waals surface area contributed by atoms with Crippen molar-refractivity contribution < 1.29 is 22.7 Å². The molecule has 1 aliphatic carbocycles. The summed E-state index contributed by atoms with van der Waals surface area (Å²) in [5.41, 5.74) is 2.18. The maximum Gasteiger partial charge on any atom is 0.243 e. The first-order valence-corrected chi connectivity index (χ1v) is 13.1. The van der Waals surface area contributed by atoms with Gasteiger partial charge in [-0.05, 0) is 74.4 Å². The van der Waals surface area contributed by atoms with Crippen molar-refractivity contribution in [3.63, 3.8) is 0 Å². The van der Waals surface area contributed by atoms with Gasteiger partial charge < -0.3 is 14.8 Å². The Labute approximate surface area is 196 Å².